The molecule has 2 N–H and O–H groups in total. The van der Waals surface area contributed by atoms with Gasteiger partial charge in [-0.3, -0.25) is 0 Å². The van der Waals surface area contributed by atoms with Gasteiger partial charge in [0.1, 0.15) is 9.84 Å². The SMILES string of the molecule is CCCCOCC(O)CNC(C)CS(C)(=O)=O. The van der Waals surface area contributed by atoms with Gasteiger partial charge < -0.3 is 15.2 Å². The summed E-state index contributed by atoms with van der Waals surface area (Å²) in [5.41, 5.74) is 0. The number of aliphatic hydroxyl groups is 1. The van der Waals surface area contributed by atoms with Crippen molar-refractivity contribution < 1.29 is 18.3 Å². The molecule has 0 saturated heterocycles. The fourth-order valence-electron chi connectivity index (χ4n) is 1.37. The van der Waals surface area contributed by atoms with Crippen LogP contribution in [0.15, 0.2) is 0 Å². The first-order valence-electron chi connectivity index (χ1n) is 6.02. The molecule has 0 heterocycles. The molecule has 0 saturated carbocycles. The Labute approximate surface area is 104 Å². The molecule has 6 heteroatoms. The minimum atomic E-state index is -2.97. The molecule has 0 aromatic carbocycles. The molecule has 0 aliphatic heterocycles. The van der Waals surface area contributed by atoms with Gasteiger partial charge in [0.25, 0.3) is 0 Å². The van der Waals surface area contributed by atoms with Crippen molar-refractivity contribution in [3.63, 3.8) is 0 Å². The lowest BCUT2D eigenvalue weighted by Crippen LogP contribution is -2.39. The van der Waals surface area contributed by atoms with E-state index in [4.69, 9.17) is 4.74 Å². The summed E-state index contributed by atoms with van der Waals surface area (Å²) in [6.45, 7) is 5.16. The van der Waals surface area contributed by atoms with E-state index in [2.05, 4.69) is 12.2 Å². The van der Waals surface area contributed by atoms with E-state index in [9.17, 15) is 13.5 Å². The van der Waals surface area contributed by atoms with Gasteiger partial charge in [-0.05, 0) is 13.3 Å². The van der Waals surface area contributed by atoms with Gasteiger partial charge in [0.15, 0.2) is 0 Å². The number of unbranched alkanes of at least 4 members (excludes halogenated alkanes) is 1. The molecule has 0 radical (unpaired) electrons. The quantitative estimate of drug-likeness (QED) is 0.553. The second-order valence-electron chi connectivity index (χ2n) is 4.48. The summed E-state index contributed by atoms with van der Waals surface area (Å²) in [7, 11) is -2.97. The van der Waals surface area contributed by atoms with E-state index in [1.807, 2.05) is 0 Å². The third-order valence-corrected chi connectivity index (χ3v) is 3.31. The Morgan fingerprint density at radius 3 is 2.59 bits per heavy atom. The van der Waals surface area contributed by atoms with E-state index in [0.717, 1.165) is 12.8 Å². The monoisotopic (exact) mass is 267 g/mol. The van der Waals surface area contributed by atoms with E-state index in [1.54, 1.807) is 6.92 Å². The minimum Gasteiger partial charge on any atom is -0.389 e. The number of hydrogen-bond acceptors (Lipinski definition) is 5. The first-order chi connectivity index (χ1) is 7.85. The molecule has 2 atom stereocenters. The first-order valence-corrected chi connectivity index (χ1v) is 8.08. The topological polar surface area (TPSA) is 75.6 Å². The zero-order valence-corrected chi connectivity index (χ0v) is 11.8. The Kier molecular flexibility index (Phi) is 8.77. The zero-order valence-electron chi connectivity index (χ0n) is 11.0. The van der Waals surface area contributed by atoms with Crippen LogP contribution in [0.1, 0.15) is 26.7 Å². The lowest BCUT2D eigenvalue weighted by atomic mass is 10.3. The molecular weight excluding hydrogens is 242 g/mol. The fraction of sp³-hybridized carbons (Fsp3) is 1.00. The van der Waals surface area contributed by atoms with Crippen molar-refractivity contribution in [2.75, 3.05) is 31.8 Å². The standard InChI is InChI=1S/C11H25NO4S/c1-4-5-6-16-8-11(13)7-12-10(2)9-17(3,14)15/h10-13H,4-9H2,1-3H3. The van der Waals surface area contributed by atoms with Gasteiger partial charge in [0.2, 0.25) is 0 Å². The number of sulfone groups is 1. The predicted molar refractivity (Wildman–Crippen MR) is 68.9 cm³/mol. The van der Waals surface area contributed by atoms with Gasteiger partial charge in [-0.25, -0.2) is 8.42 Å². The predicted octanol–water partition coefficient (Wildman–Crippen LogP) is 0.187. The molecule has 17 heavy (non-hydrogen) atoms. The highest BCUT2D eigenvalue weighted by Gasteiger charge is 2.11. The first kappa shape index (κ1) is 16.8. The average Bonchev–Trinajstić information content (AvgIpc) is 2.19. The molecule has 0 fully saturated rings. The van der Waals surface area contributed by atoms with Crippen molar-refractivity contribution in [2.24, 2.45) is 0 Å². The van der Waals surface area contributed by atoms with Crippen LogP contribution in [0.3, 0.4) is 0 Å². The lowest BCUT2D eigenvalue weighted by Gasteiger charge is -2.16. The Balaban J connectivity index is 3.58. The molecule has 2 unspecified atom stereocenters. The van der Waals surface area contributed by atoms with Crippen LogP contribution in [-0.4, -0.2) is 57.4 Å². The summed E-state index contributed by atoms with van der Waals surface area (Å²) in [6, 6.07) is -0.157. The normalized spacial score (nSPS) is 15.8. The highest BCUT2D eigenvalue weighted by Crippen LogP contribution is 1.93. The summed E-state index contributed by atoms with van der Waals surface area (Å²) in [6.07, 6.45) is 2.67. The van der Waals surface area contributed by atoms with Crippen molar-refractivity contribution in [1.82, 2.24) is 5.32 Å². The zero-order chi connectivity index (χ0) is 13.3. The molecular formula is C11H25NO4S. The molecule has 0 aromatic rings. The van der Waals surface area contributed by atoms with Crippen LogP contribution < -0.4 is 5.32 Å². The highest BCUT2D eigenvalue weighted by molar-refractivity contribution is 7.90. The Bertz CT molecular complexity index is 279. The third kappa shape index (κ3) is 12.1. The number of rotatable bonds is 10. The summed E-state index contributed by atoms with van der Waals surface area (Å²) >= 11 is 0. The summed E-state index contributed by atoms with van der Waals surface area (Å²) in [4.78, 5) is 0. The Morgan fingerprint density at radius 1 is 1.41 bits per heavy atom. The summed E-state index contributed by atoms with van der Waals surface area (Å²) in [5, 5.41) is 12.5. The van der Waals surface area contributed by atoms with Crippen LogP contribution >= 0.6 is 0 Å². The van der Waals surface area contributed by atoms with E-state index in [-0.39, 0.29) is 11.8 Å². The summed E-state index contributed by atoms with van der Waals surface area (Å²) < 4.78 is 27.3. The summed E-state index contributed by atoms with van der Waals surface area (Å²) in [5.74, 6) is 0.0798. The van der Waals surface area contributed by atoms with E-state index in [0.29, 0.717) is 19.8 Å². The van der Waals surface area contributed by atoms with Crippen molar-refractivity contribution in [2.45, 2.75) is 38.8 Å². The maximum absolute atomic E-state index is 11.0. The average molecular weight is 267 g/mol. The molecule has 0 aliphatic rings. The molecule has 0 spiro atoms. The maximum atomic E-state index is 11.0. The van der Waals surface area contributed by atoms with Crippen LogP contribution in [0.4, 0.5) is 0 Å². The van der Waals surface area contributed by atoms with E-state index < -0.39 is 15.9 Å². The number of ether oxygens (including phenoxy) is 1. The highest BCUT2D eigenvalue weighted by atomic mass is 32.2. The van der Waals surface area contributed by atoms with Crippen molar-refractivity contribution in [1.29, 1.82) is 0 Å². The van der Waals surface area contributed by atoms with Gasteiger partial charge in [-0.15, -0.1) is 0 Å². The molecule has 0 aliphatic carbocycles. The minimum absolute atomic E-state index is 0.0798. The fourth-order valence-corrected chi connectivity index (χ4v) is 2.40. The van der Waals surface area contributed by atoms with Gasteiger partial charge in [-0.1, -0.05) is 13.3 Å². The van der Waals surface area contributed by atoms with Gasteiger partial charge in [0, 0.05) is 25.4 Å². The molecule has 5 nitrogen and oxygen atoms in total. The number of aliphatic hydroxyl groups excluding tert-OH is 1. The second-order valence-corrected chi connectivity index (χ2v) is 6.67. The molecule has 0 bridgehead atoms. The van der Waals surface area contributed by atoms with Crippen molar-refractivity contribution in [3.05, 3.63) is 0 Å². The molecule has 0 rings (SSSR count). The van der Waals surface area contributed by atoms with E-state index in [1.165, 1.54) is 6.26 Å². The number of nitrogens with one attached hydrogen (secondary N) is 1. The second kappa shape index (κ2) is 8.85. The Morgan fingerprint density at radius 2 is 2.06 bits per heavy atom. The molecule has 104 valence electrons. The maximum Gasteiger partial charge on any atom is 0.148 e. The molecule has 0 aromatic heterocycles. The largest absolute Gasteiger partial charge is 0.389 e. The number of hydrogen-bond donors (Lipinski definition) is 2. The van der Waals surface area contributed by atoms with Crippen LogP contribution in [0.25, 0.3) is 0 Å². The Hall–Kier alpha value is -0.170. The van der Waals surface area contributed by atoms with Crippen molar-refractivity contribution in [3.8, 4) is 0 Å². The van der Waals surface area contributed by atoms with Crippen LogP contribution in [0.2, 0.25) is 0 Å². The third-order valence-electron chi connectivity index (χ3n) is 2.21. The lowest BCUT2D eigenvalue weighted by molar-refractivity contribution is 0.0351. The van der Waals surface area contributed by atoms with Gasteiger partial charge in [0.05, 0.1) is 18.5 Å². The van der Waals surface area contributed by atoms with Gasteiger partial charge >= 0.3 is 0 Å². The van der Waals surface area contributed by atoms with Crippen LogP contribution in [-0.2, 0) is 14.6 Å². The smallest absolute Gasteiger partial charge is 0.148 e. The molecule has 0 amide bonds. The van der Waals surface area contributed by atoms with Gasteiger partial charge in [-0.2, -0.15) is 0 Å². The van der Waals surface area contributed by atoms with Crippen LogP contribution in [0, 0.1) is 0 Å². The van der Waals surface area contributed by atoms with Crippen molar-refractivity contribution >= 4 is 9.84 Å². The van der Waals surface area contributed by atoms with Crippen LogP contribution in [0.5, 0.6) is 0 Å². The van der Waals surface area contributed by atoms with E-state index >= 15 is 0 Å².